The Balaban J connectivity index is 1.80. The molecule has 3 nitrogen and oxygen atoms in total. The standard InChI is InChI=1S/C24H28O3S/c1-24(2,3)13-6-4-5-8-21(17-25)16-22-10-11-23(27-22)18-26-14-7-9-20-12-15-28-19-20/h4-5,7,9-12,15-16,19,25H,8,14,17-18H2,1-3H3. The van der Waals surface area contributed by atoms with Crippen LogP contribution < -0.4 is 0 Å². The van der Waals surface area contributed by atoms with Crippen LogP contribution >= 0.6 is 11.3 Å². The van der Waals surface area contributed by atoms with E-state index in [2.05, 4.69) is 44.1 Å². The van der Waals surface area contributed by atoms with Gasteiger partial charge in [0.25, 0.3) is 0 Å². The van der Waals surface area contributed by atoms with Crippen LogP contribution in [0.4, 0.5) is 0 Å². The first kappa shape index (κ1) is 22.0. The predicted molar refractivity (Wildman–Crippen MR) is 118 cm³/mol. The van der Waals surface area contributed by atoms with Crippen molar-refractivity contribution in [3.63, 3.8) is 0 Å². The number of rotatable bonds is 9. The molecule has 0 saturated heterocycles. The Morgan fingerprint density at radius 3 is 2.82 bits per heavy atom. The lowest BCUT2D eigenvalue weighted by Gasteiger charge is -2.05. The molecule has 0 atom stereocenters. The molecule has 0 aliphatic heterocycles. The molecule has 28 heavy (non-hydrogen) atoms. The summed E-state index contributed by atoms with van der Waals surface area (Å²) >= 11 is 1.68. The van der Waals surface area contributed by atoms with Crippen LogP contribution in [0.1, 0.15) is 44.3 Å². The third-order valence-corrected chi connectivity index (χ3v) is 4.27. The maximum atomic E-state index is 9.55. The van der Waals surface area contributed by atoms with Gasteiger partial charge in [-0.05, 0) is 79.4 Å². The highest BCUT2D eigenvalue weighted by Crippen LogP contribution is 2.15. The molecule has 0 bridgehead atoms. The number of furan rings is 1. The molecule has 2 heterocycles. The Bertz CT molecular complexity index is 850. The molecule has 1 N–H and O–H groups in total. The van der Waals surface area contributed by atoms with Gasteiger partial charge in [0.15, 0.2) is 0 Å². The second-order valence-electron chi connectivity index (χ2n) is 7.36. The van der Waals surface area contributed by atoms with E-state index in [0.29, 0.717) is 25.4 Å². The van der Waals surface area contributed by atoms with Crippen molar-refractivity contribution in [2.45, 2.75) is 33.8 Å². The van der Waals surface area contributed by atoms with Crippen LogP contribution in [0, 0.1) is 17.3 Å². The van der Waals surface area contributed by atoms with Crippen LogP contribution in [0.5, 0.6) is 0 Å². The van der Waals surface area contributed by atoms with Crippen LogP contribution in [0.2, 0.25) is 0 Å². The summed E-state index contributed by atoms with van der Waals surface area (Å²) in [4.78, 5) is 0. The molecule has 0 aromatic carbocycles. The van der Waals surface area contributed by atoms with Gasteiger partial charge in [0.05, 0.1) is 13.2 Å². The molecular weight excluding hydrogens is 368 g/mol. The van der Waals surface area contributed by atoms with E-state index in [1.165, 1.54) is 5.56 Å². The summed E-state index contributed by atoms with van der Waals surface area (Å²) in [5.41, 5.74) is 2.05. The zero-order chi connectivity index (χ0) is 20.2. The summed E-state index contributed by atoms with van der Waals surface area (Å²) in [6.45, 7) is 7.15. The molecule has 0 aliphatic rings. The van der Waals surface area contributed by atoms with Crippen molar-refractivity contribution in [3.05, 3.63) is 69.8 Å². The minimum Gasteiger partial charge on any atom is -0.459 e. The molecule has 0 fully saturated rings. The smallest absolute Gasteiger partial charge is 0.130 e. The number of aliphatic hydroxyl groups is 1. The highest BCUT2D eigenvalue weighted by atomic mass is 32.1. The predicted octanol–water partition coefficient (Wildman–Crippen LogP) is 5.94. The Morgan fingerprint density at radius 2 is 2.11 bits per heavy atom. The molecule has 0 spiro atoms. The third kappa shape index (κ3) is 9.05. The Kier molecular flexibility index (Phi) is 9.03. The Morgan fingerprint density at radius 1 is 1.25 bits per heavy atom. The summed E-state index contributed by atoms with van der Waals surface area (Å²) < 4.78 is 11.4. The Hall–Kier alpha value is -2.32. The van der Waals surface area contributed by atoms with Gasteiger partial charge in [-0.25, -0.2) is 0 Å². The highest BCUT2D eigenvalue weighted by Gasteiger charge is 2.03. The van der Waals surface area contributed by atoms with Crippen molar-refractivity contribution in [1.82, 2.24) is 0 Å². The molecule has 0 saturated carbocycles. The maximum absolute atomic E-state index is 9.55. The van der Waals surface area contributed by atoms with Crippen LogP contribution in [0.25, 0.3) is 12.2 Å². The largest absolute Gasteiger partial charge is 0.459 e. The van der Waals surface area contributed by atoms with E-state index in [1.54, 1.807) is 11.3 Å². The van der Waals surface area contributed by atoms with Gasteiger partial charge < -0.3 is 14.3 Å². The lowest BCUT2D eigenvalue weighted by Crippen LogP contribution is -1.98. The molecule has 0 amide bonds. The molecule has 2 rings (SSSR count). The lowest BCUT2D eigenvalue weighted by atomic mass is 9.98. The average Bonchev–Trinajstić information content (AvgIpc) is 3.31. The van der Waals surface area contributed by atoms with Crippen molar-refractivity contribution >= 4 is 23.5 Å². The van der Waals surface area contributed by atoms with Crippen molar-refractivity contribution in [2.24, 2.45) is 5.41 Å². The second kappa shape index (κ2) is 11.5. The van der Waals surface area contributed by atoms with Crippen LogP contribution in [-0.2, 0) is 11.3 Å². The van der Waals surface area contributed by atoms with E-state index < -0.39 is 0 Å². The molecular formula is C24H28O3S. The molecule has 0 aliphatic carbocycles. The van der Waals surface area contributed by atoms with Gasteiger partial charge in [-0.15, -0.1) is 0 Å². The number of ether oxygens (including phenoxy) is 1. The molecule has 4 heteroatoms. The third-order valence-electron chi connectivity index (χ3n) is 3.57. The maximum Gasteiger partial charge on any atom is 0.130 e. The lowest BCUT2D eigenvalue weighted by molar-refractivity contribution is 0.131. The number of hydrogen-bond acceptors (Lipinski definition) is 4. The average molecular weight is 397 g/mol. The first-order valence-corrected chi connectivity index (χ1v) is 10.2. The monoisotopic (exact) mass is 396 g/mol. The summed E-state index contributed by atoms with van der Waals surface area (Å²) in [5.74, 6) is 7.65. The van der Waals surface area contributed by atoms with Crippen molar-refractivity contribution in [3.8, 4) is 11.8 Å². The van der Waals surface area contributed by atoms with Gasteiger partial charge in [-0.1, -0.05) is 30.1 Å². The van der Waals surface area contributed by atoms with Gasteiger partial charge in [-0.3, -0.25) is 0 Å². The van der Waals surface area contributed by atoms with Gasteiger partial charge in [0.2, 0.25) is 0 Å². The van der Waals surface area contributed by atoms with E-state index in [1.807, 2.05) is 47.9 Å². The number of thiophene rings is 1. The quantitative estimate of drug-likeness (QED) is 0.421. The Labute approximate surface area is 172 Å². The number of allylic oxidation sites excluding steroid dienone is 2. The first-order valence-electron chi connectivity index (χ1n) is 9.29. The van der Waals surface area contributed by atoms with Crippen molar-refractivity contribution in [2.75, 3.05) is 13.2 Å². The molecule has 148 valence electrons. The summed E-state index contributed by atoms with van der Waals surface area (Å²) in [7, 11) is 0. The summed E-state index contributed by atoms with van der Waals surface area (Å²) in [5, 5.41) is 13.7. The van der Waals surface area contributed by atoms with E-state index in [9.17, 15) is 5.11 Å². The zero-order valence-corrected chi connectivity index (χ0v) is 17.6. The second-order valence-corrected chi connectivity index (χ2v) is 8.14. The highest BCUT2D eigenvalue weighted by molar-refractivity contribution is 7.08. The molecule has 2 aromatic rings. The number of hydrogen-bond donors (Lipinski definition) is 1. The molecule has 0 unspecified atom stereocenters. The van der Waals surface area contributed by atoms with E-state index >= 15 is 0 Å². The van der Waals surface area contributed by atoms with E-state index in [0.717, 1.165) is 11.3 Å². The fraction of sp³-hybridized carbons (Fsp3) is 0.333. The fourth-order valence-electron chi connectivity index (χ4n) is 2.23. The van der Waals surface area contributed by atoms with Crippen LogP contribution in [0.15, 0.2) is 57.2 Å². The van der Waals surface area contributed by atoms with Crippen LogP contribution in [0.3, 0.4) is 0 Å². The van der Waals surface area contributed by atoms with Gasteiger partial charge in [0.1, 0.15) is 18.1 Å². The number of aliphatic hydroxyl groups excluding tert-OH is 1. The summed E-state index contributed by atoms with van der Waals surface area (Å²) in [6, 6.07) is 5.85. The molecule has 0 radical (unpaired) electrons. The van der Waals surface area contributed by atoms with Gasteiger partial charge >= 0.3 is 0 Å². The van der Waals surface area contributed by atoms with Crippen molar-refractivity contribution in [1.29, 1.82) is 0 Å². The van der Waals surface area contributed by atoms with Gasteiger partial charge in [-0.2, -0.15) is 11.3 Å². The topological polar surface area (TPSA) is 42.6 Å². The summed E-state index contributed by atoms with van der Waals surface area (Å²) in [6.07, 6.45) is 10.3. The first-order chi connectivity index (χ1) is 13.5. The van der Waals surface area contributed by atoms with E-state index in [4.69, 9.17) is 9.15 Å². The molecule has 2 aromatic heterocycles. The van der Waals surface area contributed by atoms with Gasteiger partial charge in [0, 0.05) is 5.41 Å². The van der Waals surface area contributed by atoms with Crippen molar-refractivity contribution < 1.29 is 14.3 Å². The fourth-order valence-corrected chi connectivity index (χ4v) is 2.86. The zero-order valence-electron chi connectivity index (χ0n) is 16.8. The van der Waals surface area contributed by atoms with Crippen LogP contribution in [-0.4, -0.2) is 18.3 Å². The minimum atomic E-state index is -0.0169. The minimum absolute atomic E-state index is 0.00762. The SMILES string of the molecule is CC(C)(C)C#CC=CCC(=Cc1ccc(COCC=Cc2ccsc2)o1)CO. The van der Waals surface area contributed by atoms with E-state index in [-0.39, 0.29) is 12.0 Å². The normalized spacial score (nSPS) is 12.6.